The Balaban J connectivity index is 0.636. The summed E-state index contributed by atoms with van der Waals surface area (Å²) in [7, 11) is -33.3. The zero-order valence-electron chi connectivity index (χ0n) is 67.5. The number of aryl methyl sites for hydroxylation is 1. The van der Waals surface area contributed by atoms with Crippen molar-refractivity contribution in [1.29, 1.82) is 0 Å². The first-order chi connectivity index (χ1) is 62.3. The van der Waals surface area contributed by atoms with Gasteiger partial charge in [0.05, 0.1) is 58.1 Å². The van der Waals surface area contributed by atoms with Crippen molar-refractivity contribution in [2.75, 3.05) is 81.4 Å². The molecule has 6 aliphatic heterocycles. The molecule has 132 heavy (non-hydrogen) atoms. The van der Waals surface area contributed by atoms with E-state index in [1.807, 2.05) is 5.32 Å². The van der Waals surface area contributed by atoms with Crippen LogP contribution in [0.1, 0.15) is 81.5 Å². The summed E-state index contributed by atoms with van der Waals surface area (Å²) in [5.74, 6) is -4.03. The van der Waals surface area contributed by atoms with Gasteiger partial charge >= 0.3 is 70.0 Å². The fourth-order valence-corrected chi connectivity index (χ4v) is 20.5. The van der Waals surface area contributed by atoms with Gasteiger partial charge in [-0.1, -0.05) is 0 Å². The number of hydrogen-bond donors (Lipinski definition) is 17. The lowest BCUT2D eigenvalue weighted by molar-refractivity contribution is -0.138. The molecule has 23 N–H and O–H groups in total. The molecule has 0 spiro atoms. The van der Waals surface area contributed by atoms with E-state index in [0.717, 1.165) is 66.3 Å². The molecular formula is C62H81N25O39P6. The van der Waals surface area contributed by atoms with Crippen molar-refractivity contribution in [2.24, 2.45) is 5.73 Å². The van der Waals surface area contributed by atoms with E-state index in [-0.39, 0.29) is 75.4 Å². The number of nitrogens with zero attached hydrogens (tertiary/aromatic N) is 15. The summed E-state index contributed by atoms with van der Waals surface area (Å²) in [5.41, 5.74) is 29.1. The number of aromatic amines is 3. The number of amides is 1. The third-order valence-electron chi connectivity index (χ3n) is 20.7. The minimum atomic E-state index is -5.71. The topological polar surface area (TPSA) is 908 Å². The number of nitrogens with one attached hydrogen (secondary N) is 4. The molecule has 718 valence electrons. The van der Waals surface area contributed by atoms with Crippen LogP contribution in [0.3, 0.4) is 0 Å². The van der Waals surface area contributed by atoms with Gasteiger partial charge in [0.1, 0.15) is 141 Å². The highest BCUT2D eigenvalue weighted by molar-refractivity contribution is 7.48. The maximum atomic E-state index is 14.5. The molecule has 6 saturated heterocycles. The number of carbonyl (C=O) groups excluding carboxylic acids is 1. The summed E-state index contributed by atoms with van der Waals surface area (Å²) >= 11 is 0. The summed E-state index contributed by atoms with van der Waals surface area (Å²) in [6, 6.07) is 2.32. The Kier molecular flexibility index (Phi) is 28.4. The van der Waals surface area contributed by atoms with Gasteiger partial charge in [-0.15, -0.1) is 0 Å². The Labute approximate surface area is 732 Å². The number of imidazole rings is 3. The van der Waals surface area contributed by atoms with Crippen LogP contribution in [-0.2, 0) is 120 Å². The van der Waals surface area contributed by atoms with Gasteiger partial charge in [-0.05, 0) is 19.1 Å². The van der Waals surface area contributed by atoms with E-state index in [4.69, 9.17) is 122 Å². The van der Waals surface area contributed by atoms with E-state index in [2.05, 4.69) is 59.8 Å². The number of aromatic nitrogens is 18. The Morgan fingerprint density at radius 3 is 1.14 bits per heavy atom. The van der Waals surface area contributed by atoms with Crippen LogP contribution in [0, 0.1) is 6.92 Å². The maximum Gasteiger partial charge on any atom is 0.473 e. The number of carboxylic acids is 1. The molecule has 6 fully saturated rings. The zero-order chi connectivity index (χ0) is 94.6. The first-order valence-electron chi connectivity index (χ1n) is 38.7. The van der Waals surface area contributed by atoms with Crippen molar-refractivity contribution in [3.8, 4) is 0 Å². The molecule has 1 amide bonds. The van der Waals surface area contributed by atoms with E-state index in [9.17, 15) is 95.1 Å². The van der Waals surface area contributed by atoms with Crippen molar-refractivity contribution in [2.45, 2.75) is 156 Å². The van der Waals surface area contributed by atoms with Gasteiger partial charge in [0, 0.05) is 69.2 Å². The number of hydrogen-bond acceptors (Lipinski definition) is 47. The number of phosphoric acid groups is 6. The molecule has 0 aliphatic carbocycles. The number of nitrogen functional groups attached to an aromatic ring is 5. The van der Waals surface area contributed by atoms with Gasteiger partial charge in [-0.3, -0.25) is 121 Å². The molecular weight excluding hydrogens is 1900 g/mol. The molecule has 9 aromatic rings. The summed E-state index contributed by atoms with van der Waals surface area (Å²) in [5, 5.41) is 10.9. The standard InChI is InChI=1S/C62H81N25O39P6/c1-25-14-84(62(96)81-55(25)91)43-6-26(32(12-63)115-43)121-127(97,98)109-18-36-30(10-45(119-36)86-23-73-49-53(86)77-58(67)79-56(49)92)124-130(103,104)110-16-34-28(8-42(117-34)83-5-3-39(65)76-61(83)95)123-129(101,102)113-19-37-31(11-46(120-37)87-24-74-50-54(87)78-59(68)80-57(50)93)125-131(105,106)111-15-33-27(7-41(116-33)82-4-2-38(64)75-60(82)94)122-128(99,100)112-17-35-29(126-132(107,108)114-20-40(88)69-13-47(89)90)9-44(118-35)85-22-72-48-51(66)70-21-71-52(48)85/h2-5,14,21-24,26-37,41-46H,6-13,15-20,63H2,1H3,(H,69,88)(H,89,90)(H,97,98)(H,99,100)(H,101,102)(H,103,104)(H,105,106)(H,107,108)(H2,64,75,94)(H2,65,76,95)(H2,66,70,71)(H,81,91,96)(H3,67,77,79,92)(H3,68,78,80,93)/t26-,27-,28-,29-,30-,31-,32+,33+,34+,35+,36+,37+,41+,42+,43+,44+,45+,46+/m0/s1. The Morgan fingerprint density at radius 1 is 0.439 bits per heavy atom. The molecule has 6 unspecified atom stereocenters. The first kappa shape index (κ1) is 96.6. The fourth-order valence-electron chi connectivity index (χ4n) is 14.7. The number of nitrogens with two attached hydrogens (primary N) is 6. The number of carboxylic acid groups (broad SMARTS) is 1. The highest BCUT2D eigenvalue weighted by atomic mass is 31.2. The van der Waals surface area contributed by atoms with E-state index in [1.54, 1.807) is 0 Å². The largest absolute Gasteiger partial charge is 0.480 e. The van der Waals surface area contributed by atoms with Crippen molar-refractivity contribution in [3.63, 3.8) is 0 Å². The second-order valence-corrected chi connectivity index (χ2v) is 38.2. The number of carbonyl (C=O) groups is 2. The van der Waals surface area contributed by atoms with Crippen LogP contribution in [0.2, 0.25) is 0 Å². The molecule has 64 nitrogen and oxygen atoms in total. The SMILES string of the molecule is Cc1cn([C@H]2C[C@H](OP(=O)(O)OC[C@H]3O[C@@H](n4cnc5c(=O)[nH]c(N)nc54)C[C@@H]3OP(=O)(O)OC[C@H]3O[C@@H](n4ccc(N)nc4=O)C[C@@H]3OP(=O)(O)OC[C@H]3O[C@@H](n4cnc5c(=O)[nH]c(N)nc54)C[C@@H]3OP(=O)(O)OC[C@H]3O[C@@H](n4ccc(N)nc4=O)C[C@@H]3OP(=O)(O)OC[C@H]3O[C@@H](n4cnc5c(N)ncnc54)C[C@@H]3OP(=O)(O)OCC(=O)NCC(=O)O)[C@@H](CN)O2)c(=O)[nH]c1=O. The number of phosphoric ester groups is 6. The highest BCUT2D eigenvalue weighted by Gasteiger charge is 2.52. The number of anilines is 5. The van der Waals surface area contributed by atoms with Crippen molar-refractivity contribution >= 4 is 122 Å². The zero-order valence-corrected chi connectivity index (χ0v) is 72.9. The summed E-state index contributed by atoms with van der Waals surface area (Å²) in [6.07, 6.45) is -23.9. The summed E-state index contributed by atoms with van der Waals surface area (Å²) in [6.45, 7) is -6.62. The monoisotopic (exact) mass is 1990 g/mol. The van der Waals surface area contributed by atoms with Gasteiger partial charge in [-0.25, -0.2) is 66.7 Å². The van der Waals surface area contributed by atoms with Gasteiger partial charge < -0.3 is 103 Å². The van der Waals surface area contributed by atoms with Crippen molar-refractivity contribution in [3.05, 3.63) is 124 Å². The quantitative estimate of drug-likeness (QED) is 0.0165. The van der Waals surface area contributed by atoms with Crippen LogP contribution in [0.4, 0.5) is 29.4 Å². The smallest absolute Gasteiger partial charge is 0.473 e. The average molecular weight is 1990 g/mol. The molecule has 70 heteroatoms. The van der Waals surface area contributed by atoms with Gasteiger partial charge in [0.15, 0.2) is 33.8 Å². The molecule has 9 aromatic heterocycles. The Bertz CT molecular complexity index is 6550. The van der Waals surface area contributed by atoms with Crippen LogP contribution in [0.15, 0.2) is 84.8 Å². The minimum Gasteiger partial charge on any atom is -0.480 e. The lowest BCUT2D eigenvalue weighted by atomic mass is 10.2. The van der Waals surface area contributed by atoms with E-state index in [1.165, 1.54) is 24.0 Å². The molecule has 15 heterocycles. The second kappa shape index (κ2) is 38.8. The van der Waals surface area contributed by atoms with Crippen LogP contribution in [0.5, 0.6) is 0 Å². The normalized spacial score (nSPS) is 28.5. The van der Waals surface area contributed by atoms with E-state index in [0.29, 0.717) is 0 Å². The molecule has 0 radical (unpaired) electrons. The number of H-pyrrole nitrogens is 3. The number of rotatable bonds is 39. The third kappa shape index (κ3) is 22.6. The van der Waals surface area contributed by atoms with Gasteiger partial charge in [0.2, 0.25) is 17.8 Å². The summed E-state index contributed by atoms with van der Waals surface area (Å²) < 4.78 is 193. The fraction of sp³-hybridized carbons (Fsp3) is 0.532. The van der Waals surface area contributed by atoms with Gasteiger partial charge in [-0.2, -0.15) is 19.9 Å². The maximum absolute atomic E-state index is 14.5. The van der Waals surface area contributed by atoms with E-state index < -0.39 is 287 Å². The van der Waals surface area contributed by atoms with Gasteiger partial charge in [0.25, 0.3) is 16.7 Å². The molecule has 6 aliphatic rings. The van der Waals surface area contributed by atoms with E-state index >= 15 is 0 Å². The molecule has 0 saturated carbocycles. The van der Waals surface area contributed by atoms with Crippen LogP contribution in [0.25, 0.3) is 33.5 Å². The number of aliphatic carboxylic acids is 1. The minimum absolute atomic E-state index is 0.0669. The predicted octanol–water partition coefficient (Wildman–Crippen LogP) is -3.73. The van der Waals surface area contributed by atoms with Crippen LogP contribution >= 0.6 is 46.9 Å². The average Bonchev–Trinajstić information content (AvgIpc) is 1.62. The third-order valence-corrected chi connectivity index (χ3v) is 26.8. The Morgan fingerprint density at radius 2 is 0.773 bits per heavy atom. The summed E-state index contributed by atoms with van der Waals surface area (Å²) in [4.78, 5) is 212. The number of ether oxygens (including phenoxy) is 6. The van der Waals surface area contributed by atoms with Crippen molar-refractivity contribution < 1.29 is 154 Å². The van der Waals surface area contributed by atoms with Crippen molar-refractivity contribution in [1.82, 2.24) is 92.5 Å². The lowest BCUT2D eigenvalue weighted by Crippen LogP contribution is -2.34. The van der Waals surface area contributed by atoms with Crippen LogP contribution < -0.4 is 73.5 Å². The highest BCUT2D eigenvalue weighted by Crippen LogP contribution is 2.57. The number of fused-ring (bicyclic) bond motifs is 3. The second-order valence-electron chi connectivity index (χ2n) is 29.7. The Hall–Kier alpha value is -9.99. The van der Waals surface area contributed by atoms with Crippen LogP contribution in [-0.4, -0.2) is 260 Å². The molecule has 0 aromatic carbocycles. The lowest BCUT2D eigenvalue weighted by Gasteiger charge is -2.26. The molecule has 15 rings (SSSR count). The molecule has 24 atom stereocenters. The first-order valence-corrected chi connectivity index (χ1v) is 47.7. The molecule has 0 bridgehead atoms. The predicted molar refractivity (Wildman–Crippen MR) is 431 cm³/mol.